The monoisotopic (exact) mass is 233 g/mol. The molecule has 1 atom stereocenters. The fraction of sp³-hybridized carbons (Fsp3) is 0.333. The maximum Gasteiger partial charge on any atom is 0.0669 e. The van der Waals surface area contributed by atoms with Crippen molar-refractivity contribution in [1.82, 2.24) is 9.59 Å². The maximum absolute atomic E-state index is 6.12. The maximum atomic E-state index is 6.12. The van der Waals surface area contributed by atoms with E-state index in [2.05, 4.69) is 41.6 Å². The number of rotatable bonds is 3. The zero-order valence-electron chi connectivity index (χ0n) is 9.47. The fourth-order valence-corrected chi connectivity index (χ4v) is 2.20. The second kappa shape index (κ2) is 4.72. The minimum absolute atomic E-state index is 0.000463. The molecule has 0 aliphatic carbocycles. The van der Waals surface area contributed by atoms with Crippen LogP contribution in [-0.2, 0) is 6.42 Å². The molecule has 4 heteroatoms. The minimum Gasteiger partial charge on any atom is -0.323 e. The number of aryl methyl sites for hydroxylation is 2. The molecule has 2 rings (SSSR count). The highest BCUT2D eigenvalue weighted by Crippen LogP contribution is 2.20. The topological polar surface area (TPSA) is 51.8 Å². The van der Waals surface area contributed by atoms with Crippen molar-refractivity contribution >= 4 is 11.5 Å². The standard InChI is InChI=1S/C12H15N3S/c1-8-3-4-9(2)10(5-8)6-11(13)12-7-14-15-16-12/h3-5,7,11H,6,13H2,1-2H3. The van der Waals surface area contributed by atoms with Gasteiger partial charge < -0.3 is 5.73 Å². The SMILES string of the molecule is Cc1ccc(C)c(CC(N)c2cnns2)c1. The van der Waals surface area contributed by atoms with E-state index in [0.717, 1.165) is 11.3 Å². The van der Waals surface area contributed by atoms with Gasteiger partial charge in [0.05, 0.1) is 11.1 Å². The van der Waals surface area contributed by atoms with Gasteiger partial charge in [-0.25, -0.2) is 0 Å². The third kappa shape index (κ3) is 2.46. The van der Waals surface area contributed by atoms with Gasteiger partial charge in [-0.3, -0.25) is 0 Å². The Labute approximate surface area is 99.5 Å². The molecule has 2 aromatic rings. The third-order valence-electron chi connectivity index (χ3n) is 2.69. The average molecular weight is 233 g/mol. The lowest BCUT2D eigenvalue weighted by Crippen LogP contribution is -2.12. The van der Waals surface area contributed by atoms with Crippen molar-refractivity contribution in [1.29, 1.82) is 0 Å². The molecule has 3 nitrogen and oxygen atoms in total. The van der Waals surface area contributed by atoms with Crippen LogP contribution < -0.4 is 5.73 Å². The summed E-state index contributed by atoms with van der Waals surface area (Å²) in [5.41, 5.74) is 9.99. The van der Waals surface area contributed by atoms with E-state index in [0.29, 0.717) is 0 Å². The van der Waals surface area contributed by atoms with Crippen LogP contribution >= 0.6 is 11.5 Å². The van der Waals surface area contributed by atoms with Gasteiger partial charge in [0.25, 0.3) is 0 Å². The summed E-state index contributed by atoms with van der Waals surface area (Å²) in [5.74, 6) is 0. The molecule has 1 aromatic heterocycles. The van der Waals surface area contributed by atoms with Crippen LogP contribution in [0.3, 0.4) is 0 Å². The second-order valence-corrected chi connectivity index (χ2v) is 4.88. The van der Waals surface area contributed by atoms with Crippen LogP contribution in [0.2, 0.25) is 0 Å². The average Bonchev–Trinajstić information content (AvgIpc) is 2.76. The third-order valence-corrected chi connectivity index (χ3v) is 3.48. The van der Waals surface area contributed by atoms with E-state index in [9.17, 15) is 0 Å². The molecule has 0 fully saturated rings. The van der Waals surface area contributed by atoms with E-state index < -0.39 is 0 Å². The number of hydrogen-bond acceptors (Lipinski definition) is 4. The van der Waals surface area contributed by atoms with Crippen LogP contribution in [0, 0.1) is 13.8 Å². The minimum atomic E-state index is 0.000463. The van der Waals surface area contributed by atoms with Crippen LogP contribution in [0.1, 0.15) is 27.6 Å². The summed E-state index contributed by atoms with van der Waals surface area (Å²) < 4.78 is 3.84. The summed E-state index contributed by atoms with van der Waals surface area (Å²) in [6, 6.07) is 6.46. The first-order chi connectivity index (χ1) is 7.66. The van der Waals surface area contributed by atoms with Crippen LogP contribution in [0.4, 0.5) is 0 Å². The van der Waals surface area contributed by atoms with Crippen LogP contribution in [0.5, 0.6) is 0 Å². The number of hydrogen-bond donors (Lipinski definition) is 1. The lowest BCUT2D eigenvalue weighted by Gasteiger charge is -2.11. The predicted molar refractivity (Wildman–Crippen MR) is 66.5 cm³/mol. The molecule has 0 radical (unpaired) electrons. The Kier molecular flexibility index (Phi) is 3.31. The van der Waals surface area contributed by atoms with Gasteiger partial charge in [-0.1, -0.05) is 28.3 Å². The van der Waals surface area contributed by atoms with Gasteiger partial charge >= 0.3 is 0 Å². The molecular formula is C12H15N3S. The van der Waals surface area contributed by atoms with Crippen LogP contribution in [0.15, 0.2) is 24.4 Å². The molecule has 0 aliphatic rings. The molecule has 0 saturated carbocycles. The van der Waals surface area contributed by atoms with E-state index in [1.807, 2.05) is 0 Å². The van der Waals surface area contributed by atoms with Crippen molar-refractivity contribution < 1.29 is 0 Å². The molecule has 1 unspecified atom stereocenters. The highest BCUT2D eigenvalue weighted by Gasteiger charge is 2.11. The summed E-state index contributed by atoms with van der Waals surface area (Å²) in [7, 11) is 0. The smallest absolute Gasteiger partial charge is 0.0669 e. The predicted octanol–water partition coefficient (Wildman–Crippen LogP) is 2.40. The van der Waals surface area contributed by atoms with E-state index >= 15 is 0 Å². The van der Waals surface area contributed by atoms with E-state index in [1.165, 1.54) is 28.2 Å². The van der Waals surface area contributed by atoms with Crippen molar-refractivity contribution in [2.24, 2.45) is 5.73 Å². The largest absolute Gasteiger partial charge is 0.323 e. The quantitative estimate of drug-likeness (QED) is 0.885. The second-order valence-electron chi connectivity index (χ2n) is 4.06. The van der Waals surface area contributed by atoms with Crippen molar-refractivity contribution in [3.63, 3.8) is 0 Å². The van der Waals surface area contributed by atoms with E-state index in [1.54, 1.807) is 6.20 Å². The van der Waals surface area contributed by atoms with Crippen molar-refractivity contribution in [2.75, 3.05) is 0 Å². The molecule has 0 amide bonds. The first-order valence-corrected chi connectivity index (χ1v) is 6.03. The van der Waals surface area contributed by atoms with Crippen molar-refractivity contribution in [2.45, 2.75) is 26.3 Å². The van der Waals surface area contributed by atoms with Gasteiger partial charge in [-0.2, -0.15) is 0 Å². The lowest BCUT2D eigenvalue weighted by molar-refractivity contribution is 0.730. The van der Waals surface area contributed by atoms with Gasteiger partial charge in [0.2, 0.25) is 0 Å². The van der Waals surface area contributed by atoms with Crippen molar-refractivity contribution in [3.8, 4) is 0 Å². The molecule has 0 spiro atoms. The molecule has 16 heavy (non-hydrogen) atoms. The Morgan fingerprint density at radius 2 is 2.19 bits per heavy atom. The summed E-state index contributed by atoms with van der Waals surface area (Å²) >= 11 is 1.37. The highest BCUT2D eigenvalue weighted by atomic mass is 32.1. The fourth-order valence-electron chi connectivity index (χ4n) is 1.70. The summed E-state index contributed by atoms with van der Waals surface area (Å²) in [6.45, 7) is 4.22. The van der Waals surface area contributed by atoms with Gasteiger partial charge in [-0.15, -0.1) is 5.10 Å². The number of nitrogens with two attached hydrogens (primary N) is 1. The highest BCUT2D eigenvalue weighted by molar-refractivity contribution is 7.05. The lowest BCUT2D eigenvalue weighted by atomic mass is 9.99. The number of aromatic nitrogens is 2. The zero-order valence-corrected chi connectivity index (χ0v) is 10.3. The first kappa shape index (κ1) is 11.2. The van der Waals surface area contributed by atoms with Gasteiger partial charge in [0.15, 0.2) is 0 Å². The Balaban J connectivity index is 2.17. The molecular weight excluding hydrogens is 218 g/mol. The van der Waals surface area contributed by atoms with Crippen LogP contribution in [-0.4, -0.2) is 9.59 Å². The summed E-state index contributed by atoms with van der Waals surface area (Å²) in [6.07, 6.45) is 2.60. The number of nitrogens with zero attached hydrogens (tertiary/aromatic N) is 2. The van der Waals surface area contributed by atoms with Crippen molar-refractivity contribution in [3.05, 3.63) is 46.0 Å². The normalized spacial score (nSPS) is 12.7. The molecule has 84 valence electrons. The first-order valence-electron chi connectivity index (χ1n) is 5.26. The molecule has 2 N–H and O–H groups in total. The summed E-state index contributed by atoms with van der Waals surface area (Å²) in [4.78, 5) is 1.04. The molecule has 0 bridgehead atoms. The Morgan fingerprint density at radius 3 is 2.88 bits per heavy atom. The Morgan fingerprint density at radius 1 is 1.38 bits per heavy atom. The van der Waals surface area contributed by atoms with E-state index in [-0.39, 0.29) is 6.04 Å². The van der Waals surface area contributed by atoms with E-state index in [4.69, 9.17) is 5.73 Å². The molecule has 1 heterocycles. The molecule has 0 aliphatic heterocycles. The van der Waals surface area contributed by atoms with Gasteiger partial charge in [-0.05, 0) is 42.9 Å². The van der Waals surface area contributed by atoms with Gasteiger partial charge in [0.1, 0.15) is 0 Å². The Bertz CT molecular complexity index is 465. The number of benzene rings is 1. The Hall–Kier alpha value is -1.26. The van der Waals surface area contributed by atoms with Gasteiger partial charge in [0, 0.05) is 6.04 Å². The van der Waals surface area contributed by atoms with Crippen LogP contribution in [0.25, 0.3) is 0 Å². The molecule has 0 saturated heterocycles. The summed E-state index contributed by atoms with van der Waals surface area (Å²) in [5, 5.41) is 3.81. The zero-order chi connectivity index (χ0) is 11.5. The molecule has 1 aromatic carbocycles.